The first-order valence-corrected chi connectivity index (χ1v) is 5.25. The van der Waals surface area contributed by atoms with Gasteiger partial charge in [-0.1, -0.05) is 6.07 Å². The number of carbonyl (C=O) groups excluding carboxylic acids is 1. The molecule has 7 nitrogen and oxygen atoms in total. The molecule has 0 bridgehead atoms. The maximum absolute atomic E-state index is 11.8. The van der Waals surface area contributed by atoms with Crippen LogP contribution in [0.15, 0.2) is 41.5 Å². The minimum absolute atomic E-state index is 0.0423. The molecular formula is C12H9N3O4. The lowest BCUT2D eigenvalue weighted by molar-refractivity contribution is 0.0696. The molecule has 0 aliphatic heterocycles. The summed E-state index contributed by atoms with van der Waals surface area (Å²) in [6, 6.07) is 5.43. The summed E-state index contributed by atoms with van der Waals surface area (Å²) in [5.74, 6) is -1.70. The lowest BCUT2D eigenvalue weighted by Crippen LogP contribution is -2.18. The van der Waals surface area contributed by atoms with Crippen LogP contribution >= 0.6 is 0 Å². The van der Waals surface area contributed by atoms with Gasteiger partial charge in [-0.05, 0) is 12.1 Å². The third-order valence-electron chi connectivity index (χ3n) is 2.26. The lowest BCUT2D eigenvalue weighted by Gasteiger charge is -2.05. The van der Waals surface area contributed by atoms with Crippen molar-refractivity contribution in [3.8, 4) is 0 Å². The van der Waals surface area contributed by atoms with Crippen LogP contribution in [0.4, 0.5) is 5.69 Å². The SMILES string of the molecule is O=C(O)c1cncc(NC(=O)c2cccc(=O)[nH]2)c1. The van der Waals surface area contributed by atoms with Crippen LogP contribution in [0.25, 0.3) is 0 Å². The van der Waals surface area contributed by atoms with Gasteiger partial charge in [-0.15, -0.1) is 0 Å². The molecule has 2 aromatic heterocycles. The molecule has 0 radical (unpaired) electrons. The minimum atomic E-state index is -1.14. The molecule has 19 heavy (non-hydrogen) atoms. The van der Waals surface area contributed by atoms with E-state index in [1.54, 1.807) is 0 Å². The number of aromatic nitrogens is 2. The Labute approximate surface area is 106 Å². The molecule has 1 amide bonds. The van der Waals surface area contributed by atoms with Crippen molar-refractivity contribution in [2.45, 2.75) is 0 Å². The van der Waals surface area contributed by atoms with Crippen molar-refractivity contribution in [1.29, 1.82) is 0 Å². The molecule has 0 fully saturated rings. The molecular weight excluding hydrogens is 250 g/mol. The number of pyridine rings is 2. The van der Waals surface area contributed by atoms with E-state index < -0.39 is 17.4 Å². The van der Waals surface area contributed by atoms with Gasteiger partial charge in [-0.2, -0.15) is 0 Å². The number of H-pyrrole nitrogens is 1. The van der Waals surface area contributed by atoms with Crippen molar-refractivity contribution in [2.75, 3.05) is 5.32 Å². The van der Waals surface area contributed by atoms with Crippen molar-refractivity contribution in [3.05, 3.63) is 58.3 Å². The second-order valence-corrected chi connectivity index (χ2v) is 3.65. The molecule has 0 aromatic carbocycles. The zero-order valence-corrected chi connectivity index (χ0v) is 9.58. The summed E-state index contributed by atoms with van der Waals surface area (Å²) in [6.45, 7) is 0. The molecule has 2 aromatic rings. The summed E-state index contributed by atoms with van der Waals surface area (Å²) in [4.78, 5) is 39.7. The maximum Gasteiger partial charge on any atom is 0.337 e. The van der Waals surface area contributed by atoms with Crippen LogP contribution in [0.1, 0.15) is 20.8 Å². The Bertz CT molecular complexity index is 693. The second kappa shape index (κ2) is 5.13. The van der Waals surface area contributed by atoms with Crippen molar-refractivity contribution >= 4 is 17.6 Å². The van der Waals surface area contributed by atoms with Gasteiger partial charge in [0, 0.05) is 12.3 Å². The number of carboxylic acid groups (broad SMARTS) is 1. The third-order valence-corrected chi connectivity index (χ3v) is 2.26. The minimum Gasteiger partial charge on any atom is -0.478 e. The summed E-state index contributed by atoms with van der Waals surface area (Å²) >= 11 is 0. The maximum atomic E-state index is 11.8. The number of hydrogen-bond donors (Lipinski definition) is 3. The standard InChI is InChI=1S/C12H9N3O4/c16-10-3-1-2-9(15-10)11(17)14-8-4-7(12(18)19)5-13-6-8/h1-6H,(H,14,17)(H,15,16)(H,18,19). The number of amides is 1. The summed E-state index contributed by atoms with van der Waals surface area (Å²) < 4.78 is 0. The molecule has 0 atom stereocenters. The average molecular weight is 259 g/mol. The van der Waals surface area contributed by atoms with Crippen LogP contribution < -0.4 is 10.9 Å². The van der Waals surface area contributed by atoms with E-state index in [2.05, 4.69) is 15.3 Å². The van der Waals surface area contributed by atoms with E-state index in [1.165, 1.54) is 36.7 Å². The Morgan fingerprint density at radius 1 is 1.26 bits per heavy atom. The quantitative estimate of drug-likeness (QED) is 0.751. The number of nitrogens with one attached hydrogen (secondary N) is 2. The predicted molar refractivity (Wildman–Crippen MR) is 66.2 cm³/mol. The van der Waals surface area contributed by atoms with Crippen LogP contribution in [0, 0.1) is 0 Å². The fourth-order valence-corrected chi connectivity index (χ4v) is 1.40. The third kappa shape index (κ3) is 3.03. The van der Waals surface area contributed by atoms with Crippen LogP contribution in [0.2, 0.25) is 0 Å². The number of hydrogen-bond acceptors (Lipinski definition) is 4. The fourth-order valence-electron chi connectivity index (χ4n) is 1.40. The van der Waals surface area contributed by atoms with Crippen molar-refractivity contribution < 1.29 is 14.7 Å². The van der Waals surface area contributed by atoms with Gasteiger partial charge in [0.1, 0.15) is 5.69 Å². The van der Waals surface area contributed by atoms with Crippen LogP contribution in [0.5, 0.6) is 0 Å². The van der Waals surface area contributed by atoms with E-state index in [1.807, 2.05) is 0 Å². The smallest absolute Gasteiger partial charge is 0.337 e. The van der Waals surface area contributed by atoms with E-state index in [0.717, 1.165) is 0 Å². The van der Waals surface area contributed by atoms with Crippen LogP contribution in [-0.2, 0) is 0 Å². The fraction of sp³-hybridized carbons (Fsp3) is 0. The zero-order chi connectivity index (χ0) is 13.8. The molecule has 7 heteroatoms. The lowest BCUT2D eigenvalue weighted by atomic mass is 10.2. The Morgan fingerprint density at radius 2 is 2.05 bits per heavy atom. The number of nitrogens with zero attached hydrogens (tertiary/aromatic N) is 1. The van der Waals surface area contributed by atoms with E-state index in [0.29, 0.717) is 0 Å². The van der Waals surface area contributed by atoms with Gasteiger partial charge in [0.25, 0.3) is 5.91 Å². The molecule has 3 N–H and O–H groups in total. The Morgan fingerprint density at radius 3 is 2.74 bits per heavy atom. The molecule has 0 aliphatic carbocycles. The largest absolute Gasteiger partial charge is 0.478 e. The van der Waals surface area contributed by atoms with Crippen molar-refractivity contribution in [2.24, 2.45) is 0 Å². The van der Waals surface area contributed by atoms with E-state index in [-0.39, 0.29) is 16.9 Å². The Balaban J connectivity index is 2.22. The number of aromatic amines is 1. The first-order chi connectivity index (χ1) is 9.06. The van der Waals surface area contributed by atoms with Crippen LogP contribution in [-0.4, -0.2) is 27.0 Å². The number of rotatable bonds is 3. The highest BCUT2D eigenvalue weighted by atomic mass is 16.4. The monoisotopic (exact) mass is 259 g/mol. The molecule has 96 valence electrons. The molecule has 2 rings (SSSR count). The number of carboxylic acids is 1. The van der Waals surface area contributed by atoms with E-state index in [4.69, 9.17) is 5.11 Å². The van der Waals surface area contributed by atoms with E-state index in [9.17, 15) is 14.4 Å². The van der Waals surface area contributed by atoms with Crippen LogP contribution in [0.3, 0.4) is 0 Å². The number of anilines is 1. The zero-order valence-electron chi connectivity index (χ0n) is 9.58. The normalized spacial score (nSPS) is 9.89. The first kappa shape index (κ1) is 12.5. The topological polar surface area (TPSA) is 112 Å². The first-order valence-electron chi connectivity index (χ1n) is 5.25. The van der Waals surface area contributed by atoms with Crippen molar-refractivity contribution in [3.63, 3.8) is 0 Å². The molecule has 0 saturated carbocycles. The van der Waals surface area contributed by atoms with Gasteiger partial charge in [-0.3, -0.25) is 14.6 Å². The summed E-state index contributed by atoms with van der Waals surface area (Å²) in [5.41, 5.74) is -0.132. The second-order valence-electron chi connectivity index (χ2n) is 3.65. The van der Waals surface area contributed by atoms with Crippen molar-refractivity contribution in [1.82, 2.24) is 9.97 Å². The van der Waals surface area contributed by atoms with E-state index >= 15 is 0 Å². The Kier molecular flexibility index (Phi) is 3.37. The molecule has 0 saturated heterocycles. The average Bonchev–Trinajstić information content (AvgIpc) is 2.39. The molecule has 0 unspecified atom stereocenters. The Hall–Kier alpha value is -2.96. The predicted octanol–water partition coefficient (Wildman–Crippen LogP) is 0.720. The number of carbonyl (C=O) groups is 2. The van der Waals surface area contributed by atoms with Gasteiger partial charge in [0.2, 0.25) is 5.56 Å². The van der Waals surface area contributed by atoms with Gasteiger partial charge in [0.05, 0.1) is 17.4 Å². The molecule has 2 heterocycles. The summed E-state index contributed by atoms with van der Waals surface area (Å²) in [5, 5.41) is 11.2. The highest BCUT2D eigenvalue weighted by molar-refractivity contribution is 6.03. The molecule has 0 spiro atoms. The highest BCUT2D eigenvalue weighted by Gasteiger charge is 2.09. The molecule has 0 aliphatic rings. The summed E-state index contributed by atoms with van der Waals surface area (Å²) in [6.07, 6.45) is 2.48. The van der Waals surface area contributed by atoms with Gasteiger partial charge >= 0.3 is 5.97 Å². The number of aromatic carboxylic acids is 1. The van der Waals surface area contributed by atoms with Gasteiger partial charge < -0.3 is 15.4 Å². The van der Waals surface area contributed by atoms with Gasteiger partial charge in [0.15, 0.2) is 0 Å². The van der Waals surface area contributed by atoms with Gasteiger partial charge in [-0.25, -0.2) is 4.79 Å². The summed E-state index contributed by atoms with van der Waals surface area (Å²) in [7, 11) is 0. The highest BCUT2D eigenvalue weighted by Crippen LogP contribution is 2.09.